The Morgan fingerprint density at radius 2 is 1.96 bits per heavy atom. The Labute approximate surface area is 180 Å². The van der Waals surface area contributed by atoms with Crippen molar-refractivity contribution in [2.45, 2.75) is 24.8 Å². The molecule has 7 nitrogen and oxygen atoms in total. The van der Waals surface area contributed by atoms with Crippen LogP contribution < -0.4 is 10.6 Å². The normalized spacial score (nSPS) is 17.1. The first kappa shape index (κ1) is 24.9. The van der Waals surface area contributed by atoms with Gasteiger partial charge >= 0.3 is 15.5 Å². The van der Waals surface area contributed by atoms with Crippen molar-refractivity contribution in [3.8, 4) is 0 Å². The van der Waals surface area contributed by atoms with Gasteiger partial charge in [-0.15, -0.1) is 24.0 Å². The molecule has 1 aliphatic rings. The SMILES string of the molecule is CN=C(NCCc1ccccn1)NCC1CCN(S(=O)(=O)C(F)(F)F)CC1.I. The minimum absolute atomic E-state index is 0. The van der Waals surface area contributed by atoms with Gasteiger partial charge in [-0.05, 0) is 30.9 Å². The standard InChI is InChI=1S/C16H24F3N5O2S.HI/c1-20-15(22-9-5-14-4-2-3-8-21-14)23-12-13-6-10-24(11-7-13)27(25,26)16(17,18)19;/h2-4,8,13H,5-7,9-12H2,1H3,(H2,20,22,23);1H. The van der Waals surface area contributed by atoms with Gasteiger partial charge in [0, 0.05) is 51.5 Å². The average Bonchev–Trinajstić information content (AvgIpc) is 2.65. The molecule has 1 saturated heterocycles. The number of guanidine groups is 1. The van der Waals surface area contributed by atoms with E-state index in [1.165, 1.54) is 0 Å². The second kappa shape index (κ2) is 11.1. The van der Waals surface area contributed by atoms with Crippen LogP contribution in [-0.2, 0) is 16.4 Å². The molecule has 1 aromatic rings. The molecule has 160 valence electrons. The van der Waals surface area contributed by atoms with Gasteiger partial charge in [0.15, 0.2) is 5.96 Å². The van der Waals surface area contributed by atoms with Crippen molar-refractivity contribution >= 4 is 40.0 Å². The fourth-order valence-corrected chi connectivity index (χ4v) is 3.80. The molecule has 1 aliphatic heterocycles. The predicted octanol–water partition coefficient (Wildman–Crippen LogP) is 1.97. The van der Waals surface area contributed by atoms with E-state index in [1.807, 2.05) is 18.2 Å². The quantitative estimate of drug-likeness (QED) is 0.331. The monoisotopic (exact) mass is 535 g/mol. The lowest BCUT2D eigenvalue weighted by atomic mass is 9.98. The van der Waals surface area contributed by atoms with Gasteiger partial charge in [-0.1, -0.05) is 6.07 Å². The summed E-state index contributed by atoms with van der Waals surface area (Å²) in [7, 11) is -3.59. The van der Waals surface area contributed by atoms with Crippen LogP contribution in [0.4, 0.5) is 13.2 Å². The van der Waals surface area contributed by atoms with Crippen LogP contribution in [0.2, 0.25) is 0 Å². The smallest absolute Gasteiger partial charge is 0.356 e. The maximum absolute atomic E-state index is 12.6. The summed E-state index contributed by atoms with van der Waals surface area (Å²) in [6, 6.07) is 5.70. The van der Waals surface area contributed by atoms with E-state index >= 15 is 0 Å². The summed E-state index contributed by atoms with van der Waals surface area (Å²) in [4.78, 5) is 8.34. The molecule has 0 bridgehead atoms. The van der Waals surface area contributed by atoms with Crippen molar-refractivity contribution in [1.29, 1.82) is 0 Å². The van der Waals surface area contributed by atoms with Gasteiger partial charge < -0.3 is 10.6 Å². The van der Waals surface area contributed by atoms with Crippen LogP contribution in [0.3, 0.4) is 0 Å². The maximum atomic E-state index is 12.6. The highest BCUT2D eigenvalue weighted by Gasteiger charge is 2.50. The number of halogens is 4. The van der Waals surface area contributed by atoms with E-state index in [1.54, 1.807) is 13.2 Å². The Morgan fingerprint density at radius 1 is 1.29 bits per heavy atom. The lowest BCUT2D eigenvalue weighted by Crippen LogP contribution is -2.47. The highest BCUT2D eigenvalue weighted by atomic mass is 127. The van der Waals surface area contributed by atoms with E-state index in [0.717, 1.165) is 12.1 Å². The van der Waals surface area contributed by atoms with Crippen LogP contribution in [0.5, 0.6) is 0 Å². The summed E-state index contributed by atoms with van der Waals surface area (Å²) in [5.74, 6) is 0.676. The van der Waals surface area contributed by atoms with Gasteiger partial charge in [-0.3, -0.25) is 9.98 Å². The molecule has 0 spiro atoms. The molecule has 2 rings (SSSR count). The molecule has 12 heteroatoms. The van der Waals surface area contributed by atoms with E-state index in [0.29, 0.717) is 36.2 Å². The lowest BCUT2D eigenvalue weighted by molar-refractivity contribution is -0.0496. The van der Waals surface area contributed by atoms with Gasteiger partial charge in [0.05, 0.1) is 0 Å². The number of sulfonamides is 1. The van der Waals surface area contributed by atoms with Crippen LogP contribution in [0, 0.1) is 5.92 Å². The minimum atomic E-state index is -5.24. The number of nitrogens with zero attached hydrogens (tertiary/aromatic N) is 3. The zero-order valence-electron chi connectivity index (χ0n) is 15.4. The van der Waals surface area contributed by atoms with E-state index in [-0.39, 0.29) is 43.0 Å². The van der Waals surface area contributed by atoms with E-state index in [9.17, 15) is 21.6 Å². The molecule has 2 N–H and O–H groups in total. The molecule has 0 unspecified atom stereocenters. The zero-order valence-corrected chi connectivity index (χ0v) is 18.6. The van der Waals surface area contributed by atoms with Crippen LogP contribution >= 0.6 is 24.0 Å². The molecular formula is C16H25F3IN5O2S. The molecule has 0 aromatic carbocycles. The third-order valence-corrected chi connectivity index (χ3v) is 6.02. The minimum Gasteiger partial charge on any atom is -0.356 e. The average molecular weight is 535 g/mol. The van der Waals surface area contributed by atoms with Gasteiger partial charge in [-0.2, -0.15) is 17.5 Å². The summed E-state index contributed by atoms with van der Waals surface area (Å²) >= 11 is 0. The summed E-state index contributed by atoms with van der Waals surface area (Å²) in [6.07, 6.45) is 3.20. The first-order valence-corrected chi connectivity index (χ1v) is 10.1. The molecule has 0 saturated carbocycles. The second-order valence-electron chi connectivity index (χ2n) is 6.24. The van der Waals surface area contributed by atoms with E-state index in [4.69, 9.17) is 0 Å². The third kappa shape index (κ3) is 7.03. The first-order valence-electron chi connectivity index (χ1n) is 8.65. The fourth-order valence-electron chi connectivity index (χ4n) is 2.82. The van der Waals surface area contributed by atoms with Crippen molar-refractivity contribution in [2.24, 2.45) is 10.9 Å². The van der Waals surface area contributed by atoms with Crippen molar-refractivity contribution in [3.05, 3.63) is 30.1 Å². The van der Waals surface area contributed by atoms with Crippen LogP contribution in [0.1, 0.15) is 18.5 Å². The van der Waals surface area contributed by atoms with Gasteiger partial charge in [0.1, 0.15) is 0 Å². The lowest BCUT2D eigenvalue weighted by Gasteiger charge is -2.31. The topological polar surface area (TPSA) is 86.7 Å². The number of aliphatic imine (C=N–C) groups is 1. The Bertz CT molecular complexity index is 724. The summed E-state index contributed by atoms with van der Waals surface area (Å²) < 4.78 is 61.1. The van der Waals surface area contributed by atoms with Crippen LogP contribution in [-0.4, -0.2) is 62.4 Å². The van der Waals surface area contributed by atoms with Gasteiger partial charge in [0.25, 0.3) is 0 Å². The Morgan fingerprint density at radius 3 is 2.50 bits per heavy atom. The van der Waals surface area contributed by atoms with Crippen LogP contribution in [0.15, 0.2) is 29.4 Å². The highest BCUT2D eigenvalue weighted by Crippen LogP contribution is 2.30. The van der Waals surface area contributed by atoms with Gasteiger partial charge in [0.2, 0.25) is 0 Å². The number of alkyl halides is 3. The first-order chi connectivity index (χ1) is 12.7. The molecule has 1 fully saturated rings. The number of hydrogen-bond donors (Lipinski definition) is 2. The molecule has 28 heavy (non-hydrogen) atoms. The second-order valence-corrected chi connectivity index (χ2v) is 8.17. The predicted molar refractivity (Wildman–Crippen MR) is 112 cm³/mol. The molecule has 1 aromatic heterocycles. The zero-order chi connectivity index (χ0) is 19.9. The van der Waals surface area contributed by atoms with Crippen LogP contribution in [0.25, 0.3) is 0 Å². The molecule has 0 amide bonds. The van der Waals surface area contributed by atoms with Crippen molar-refractivity contribution in [3.63, 3.8) is 0 Å². The van der Waals surface area contributed by atoms with Crippen molar-refractivity contribution in [1.82, 2.24) is 19.9 Å². The number of rotatable bonds is 6. The Hall–Kier alpha value is -1.15. The Kier molecular flexibility index (Phi) is 9.90. The van der Waals surface area contributed by atoms with Gasteiger partial charge in [-0.25, -0.2) is 8.42 Å². The van der Waals surface area contributed by atoms with E-state index < -0.39 is 15.5 Å². The summed E-state index contributed by atoms with van der Waals surface area (Å²) in [5.41, 5.74) is -4.28. The maximum Gasteiger partial charge on any atom is 0.511 e. The number of aromatic nitrogens is 1. The van der Waals surface area contributed by atoms with Crippen molar-refractivity contribution < 1.29 is 21.6 Å². The number of hydrogen-bond acceptors (Lipinski definition) is 4. The Balaban J connectivity index is 0.00000392. The summed E-state index contributed by atoms with van der Waals surface area (Å²) in [5, 5.41) is 6.29. The number of piperidine rings is 1. The highest BCUT2D eigenvalue weighted by molar-refractivity contribution is 14.0. The molecule has 0 atom stereocenters. The number of pyridine rings is 1. The molecular weight excluding hydrogens is 510 g/mol. The van der Waals surface area contributed by atoms with E-state index in [2.05, 4.69) is 20.6 Å². The molecule has 2 heterocycles. The third-order valence-electron chi connectivity index (χ3n) is 4.39. The summed E-state index contributed by atoms with van der Waals surface area (Å²) in [6.45, 7) is 0.905. The van der Waals surface area contributed by atoms with Crippen molar-refractivity contribution in [2.75, 3.05) is 33.2 Å². The fraction of sp³-hybridized carbons (Fsp3) is 0.625. The molecule has 0 radical (unpaired) electrons. The largest absolute Gasteiger partial charge is 0.511 e. The number of nitrogens with one attached hydrogen (secondary N) is 2. The molecule has 0 aliphatic carbocycles.